The number of carbonyl (C=O) groups is 2. The minimum absolute atomic E-state index is 0.142. The van der Waals surface area contributed by atoms with Gasteiger partial charge in [-0.25, -0.2) is 4.79 Å². The first-order valence-corrected chi connectivity index (χ1v) is 4.89. The number of urea groups is 1. The van der Waals surface area contributed by atoms with Gasteiger partial charge < -0.3 is 10.4 Å². The largest absolute Gasteiger partial charge is 0.389 e. The zero-order valence-electron chi connectivity index (χ0n) is 9.04. The zero-order chi connectivity index (χ0) is 11.5. The van der Waals surface area contributed by atoms with Crippen LogP contribution in [0.1, 0.15) is 13.3 Å². The Hall–Kier alpha value is -1.14. The van der Waals surface area contributed by atoms with E-state index in [9.17, 15) is 14.7 Å². The summed E-state index contributed by atoms with van der Waals surface area (Å²) in [6.07, 6.45) is 0.653. The molecule has 0 bridgehead atoms. The summed E-state index contributed by atoms with van der Waals surface area (Å²) in [7, 11) is 1.45. The van der Waals surface area contributed by atoms with Crippen molar-refractivity contribution in [2.75, 3.05) is 26.7 Å². The molecule has 1 aliphatic rings. The molecule has 0 aromatic heterocycles. The molecule has 6 heteroatoms. The summed E-state index contributed by atoms with van der Waals surface area (Å²) < 4.78 is 0. The van der Waals surface area contributed by atoms with Gasteiger partial charge in [-0.15, -0.1) is 0 Å². The first kappa shape index (κ1) is 11.9. The Labute approximate surface area is 88.6 Å². The quantitative estimate of drug-likeness (QED) is 0.546. The molecule has 15 heavy (non-hydrogen) atoms. The lowest BCUT2D eigenvalue weighted by Crippen LogP contribution is -2.43. The Bertz CT molecular complexity index is 265. The van der Waals surface area contributed by atoms with Crippen molar-refractivity contribution >= 4 is 11.9 Å². The predicted molar refractivity (Wildman–Crippen MR) is 54.3 cm³/mol. The lowest BCUT2D eigenvalue weighted by molar-refractivity contribution is -0.121. The van der Waals surface area contributed by atoms with Crippen molar-refractivity contribution in [3.63, 3.8) is 0 Å². The fraction of sp³-hybridized carbons (Fsp3) is 0.778. The molecule has 1 saturated heterocycles. The minimum Gasteiger partial charge on any atom is -0.389 e. The van der Waals surface area contributed by atoms with Crippen LogP contribution in [0.3, 0.4) is 0 Å². The first-order valence-electron chi connectivity index (χ1n) is 4.89. The smallest absolute Gasteiger partial charge is 0.321 e. The van der Waals surface area contributed by atoms with Gasteiger partial charge in [0.1, 0.15) is 0 Å². The summed E-state index contributed by atoms with van der Waals surface area (Å²) in [6, 6.07) is -0.508. The molecule has 1 heterocycles. The molecule has 86 valence electrons. The number of hydrogen-bond acceptors (Lipinski definition) is 4. The molecule has 1 rings (SSSR count). The van der Waals surface area contributed by atoms with E-state index in [4.69, 9.17) is 0 Å². The second-order valence-corrected chi connectivity index (χ2v) is 4.08. The first-order chi connectivity index (χ1) is 6.93. The van der Waals surface area contributed by atoms with Gasteiger partial charge >= 0.3 is 6.03 Å². The van der Waals surface area contributed by atoms with E-state index in [1.807, 2.05) is 4.90 Å². The molecule has 0 spiro atoms. The standard InChI is InChI=1S/C9H17N3O3/c1-9(15)3-4-12(6-9)5-7(13)11-8(14)10-2/h15H,3-6H2,1-2H3,(H2,10,11,13,14). The Morgan fingerprint density at radius 2 is 2.20 bits per heavy atom. The highest BCUT2D eigenvalue weighted by Gasteiger charge is 2.32. The molecule has 1 aliphatic heterocycles. The molecule has 0 aromatic rings. The summed E-state index contributed by atoms with van der Waals surface area (Å²) >= 11 is 0. The molecule has 1 unspecified atom stereocenters. The van der Waals surface area contributed by atoms with Crippen molar-refractivity contribution in [3.8, 4) is 0 Å². The topological polar surface area (TPSA) is 81.7 Å². The van der Waals surface area contributed by atoms with E-state index in [0.29, 0.717) is 19.5 Å². The summed E-state index contributed by atoms with van der Waals surface area (Å²) in [6.45, 7) is 3.02. The van der Waals surface area contributed by atoms with Crippen LogP contribution < -0.4 is 10.6 Å². The molecule has 1 fully saturated rings. The molecule has 0 aromatic carbocycles. The van der Waals surface area contributed by atoms with Crippen molar-refractivity contribution in [1.82, 2.24) is 15.5 Å². The highest BCUT2D eigenvalue weighted by Crippen LogP contribution is 2.19. The van der Waals surface area contributed by atoms with Crippen LogP contribution in [0.15, 0.2) is 0 Å². The lowest BCUT2D eigenvalue weighted by atomic mass is 10.1. The number of amides is 3. The normalized spacial score (nSPS) is 26.3. The van der Waals surface area contributed by atoms with Gasteiger partial charge in [-0.3, -0.25) is 15.0 Å². The number of nitrogens with one attached hydrogen (secondary N) is 2. The zero-order valence-corrected chi connectivity index (χ0v) is 9.04. The fourth-order valence-electron chi connectivity index (χ4n) is 1.61. The van der Waals surface area contributed by atoms with Crippen LogP contribution in [-0.4, -0.2) is 54.2 Å². The molecular formula is C9H17N3O3. The number of aliphatic hydroxyl groups is 1. The van der Waals surface area contributed by atoms with E-state index < -0.39 is 11.6 Å². The highest BCUT2D eigenvalue weighted by atomic mass is 16.3. The number of carbonyl (C=O) groups excluding carboxylic acids is 2. The van der Waals surface area contributed by atoms with Gasteiger partial charge in [0.05, 0.1) is 12.1 Å². The maximum atomic E-state index is 11.3. The van der Waals surface area contributed by atoms with Gasteiger partial charge in [0, 0.05) is 20.1 Å². The summed E-state index contributed by atoms with van der Waals surface area (Å²) in [4.78, 5) is 23.9. The van der Waals surface area contributed by atoms with Crippen molar-refractivity contribution in [2.45, 2.75) is 18.9 Å². The summed E-state index contributed by atoms with van der Waals surface area (Å²) in [5.41, 5.74) is -0.715. The molecule has 3 N–H and O–H groups in total. The van der Waals surface area contributed by atoms with Crippen LogP contribution in [0, 0.1) is 0 Å². The van der Waals surface area contributed by atoms with Crippen LogP contribution in [-0.2, 0) is 4.79 Å². The van der Waals surface area contributed by atoms with Crippen molar-refractivity contribution < 1.29 is 14.7 Å². The average molecular weight is 215 g/mol. The second kappa shape index (κ2) is 4.59. The lowest BCUT2D eigenvalue weighted by Gasteiger charge is -2.17. The van der Waals surface area contributed by atoms with Crippen LogP contribution >= 0.6 is 0 Å². The van der Waals surface area contributed by atoms with E-state index in [-0.39, 0.29) is 12.5 Å². The van der Waals surface area contributed by atoms with Crippen LogP contribution in [0.4, 0.5) is 4.79 Å². The molecule has 0 aliphatic carbocycles. The van der Waals surface area contributed by atoms with Crippen molar-refractivity contribution in [2.24, 2.45) is 0 Å². The third kappa shape index (κ3) is 3.85. The number of nitrogens with zero attached hydrogens (tertiary/aromatic N) is 1. The van der Waals surface area contributed by atoms with Gasteiger partial charge in [-0.05, 0) is 13.3 Å². The van der Waals surface area contributed by atoms with Gasteiger partial charge in [-0.2, -0.15) is 0 Å². The minimum atomic E-state index is -0.715. The van der Waals surface area contributed by atoms with Crippen LogP contribution in [0.5, 0.6) is 0 Å². The second-order valence-electron chi connectivity index (χ2n) is 4.08. The van der Waals surface area contributed by atoms with E-state index in [1.54, 1.807) is 6.92 Å². The number of hydrogen-bond donors (Lipinski definition) is 3. The molecule has 6 nitrogen and oxygen atoms in total. The molecule has 1 atom stereocenters. The summed E-state index contributed by atoms with van der Waals surface area (Å²) in [5.74, 6) is -0.355. The predicted octanol–water partition coefficient (Wildman–Crippen LogP) is -1.10. The molecule has 3 amide bonds. The summed E-state index contributed by atoms with van der Waals surface area (Å²) in [5, 5.41) is 14.1. The fourth-order valence-corrected chi connectivity index (χ4v) is 1.61. The van der Waals surface area contributed by atoms with Gasteiger partial charge in [0.25, 0.3) is 0 Å². The third-order valence-electron chi connectivity index (χ3n) is 2.38. The Morgan fingerprint density at radius 1 is 1.53 bits per heavy atom. The van der Waals surface area contributed by atoms with Crippen LogP contribution in [0.25, 0.3) is 0 Å². The van der Waals surface area contributed by atoms with Crippen LogP contribution in [0.2, 0.25) is 0 Å². The molecule has 0 saturated carbocycles. The Balaban J connectivity index is 2.31. The monoisotopic (exact) mass is 215 g/mol. The van der Waals surface area contributed by atoms with E-state index in [1.165, 1.54) is 7.05 Å². The highest BCUT2D eigenvalue weighted by molar-refractivity contribution is 5.95. The van der Waals surface area contributed by atoms with Gasteiger partial charge in [-0.1, -0.05) is 0 Å². The van der Waals surface area contributed by atoms with Crippen molar-refractivity contribution in [3.05, 3.63) is 0 Å². The maximum absolute atomic E-state index is 11.3. The van der Waals surface area contributed by atoms with E-state index in [0.717, 1.165) is 0 Å². The molecule has 0 radical (unpaired) electrons. The van der Waals surface area contributed by atoms with Gasteiger partial charge in [0.15, 0.2) is 0 Å². The van der Waals surface area contributed by atoms with E-state index >= 15 is 0 Å². The SMILES string of the molecule is CNC(=O)NC(=O)CN1CCC(C)(O)C1. The van der Waals surface area contributed by atoms with Gasteiger partial charge in [0.2, 0.25) is 5.91 Å². The number of β-amino-alcohol motifs (C(OH)–C–C–N with tert-alkyl or cyclic N) is 1. The van der Waals surface area contributed by atoms with E-state index in [2.05, 4.69) is 10.6 Å². The molecular weight excluding hydrogens is 198 g/mol. The third-order valence-corrected chi connectivity index (χ3v) is 2.38. The maximum Gasteiger partial charge on any atom is 0.321 e. The Kier molecular flexibility index (Phi) is 3.65. The number of rotatable bonds is 2. The number of likely N-dealkylation sites (tertiary alicyclic amines) is 1. The Morgan fingerprint density at radius 3 is 2.67 bits per heavy atom. The number of imide groups is 1. The average Bonchev–Trinajstić information content (AvgIpc) is 2.44. The van der Waals surface area contributed by atoms with Crippen molar-refractivity contribution in [1.29, 1.82) is 0 Å².